The molecule has 18 heavy (non-hydrogen) atoms. The second-order valence-electron chi connectivity index (χ2n) is 4.26. The van der Waals surface area contributed by atoms with Crippen molar-refractivity contribution < 1.29 is 14.6 Å². The van der Waals surface area contributed by atoms with Gasteiger partial charge in [0.1, 0.15) is 11.0 Å². The molecule has 1 aromatic heterocycles. The van der Waals surface area contributed by atoms with Gasteiger partial charge in [-0.2, -0.15) is 0 Å². The molecule has 0 amide bonds. The van der Waals surface area contributed by atoms with Gasteiger partial charge in [-0.05, 0) is 25.0 Å². The van der Waals surface area contributed by atoms with Crippen molar-refractivity contribution in [1.29, 1.82) is 0 Å². The number of hydrogen-bond donors (Lipinski definition) is 1. The van der Waals surface area contributed by atoms with Crippen LogP contribution < -0.4 is 4.90 Å². The number of halogens is 1. The number of hydrogen-bond acceptors (Lipinski definition) is 4. The monoisotopic (exact) mass is 270 g/mol. The second kappa shape index (κ2) is 5.54. The molecule has 0 radical (unpaired) electrons. The van der Waals surface area contributed by atoms with Gasteiger partial charge in [0.15, 0.2) is 0 Å². The van der Waals surface area contributed by atoms with Crippen LogP contribution in [0.2, 0.25) is 5.15 Å². The van der Waals surface area contributed by atoms with Crippen LogP contribution in [0.5, 0.6) is 0 Å². The highest BCUT2D eigenvalue weighted by atomic mass is 35.5. The molecule has 0 aromatic carbocycles. The van der Waals surface area contributed by atoms with Gasteiger partial charge < -0.3 is 14.7 Å². The van der Waals surface area contributed by atoms with Crippen molar-refractivity contribution in [2.75, 3.05) is 25.2 Å². The topological polar surface area (TPSA) is 62.7 Å². The van der Waals surface area contributed by atoms with E-state index in [1.807, 2.05) is 0 Å². The lowest BCUT2D eigenvalue weighted by Crippen LogP contribution is -2.30. The first-order valence-electron chi connectivity index (χ1n) is 5.78. The Kier molecular flexibility index (Phi) is 4.04. The molecule has 0 bridgehead atoms. The first-order valence-corrected chi connectivity index (χ1v) is 6.16. The zero-order valence-electron chi connectivity index (χ0n) is 10.1. The van der Waals surface area contributed by atoms with Gasteiger partial charge in [-0.1, -0.05) is 11.6 Å². The number of ether oxygens (including phenoxy) is 1. The number of anilines is 1. The summed E-state index contributed by atoms with van der Waals surface area (Å²) in [5, 5.41) is 9.22. The zero-order chi connectivity index (χ0) is 13.1. The van der Waals surface area contributed by atoms with Crippen LogP contribution in [0.1, 0.15) is 23.2 Å². The van der Waals surface area contributed by atoms with Gasteiger partial charge in [-0.25, -0.2) is 9.78 Å². The smallest absolute Gasteiger partial charge is 0.335 e. The summed E-state index contributed by atoms with van der Waals surface area (Å²) >= 11 is 5.86. The lowest BCUT2D eigenvalue weighted by molar-refractivity contribution is 0.0697. The molecule has 1 N–H and O–H groups in total. The third-order valence-corrected chi connectivity index (χ3v) is 3.04. The fraction of sp³-hybridized carbons (Fsp3) is 0.500. The van der Waals surface area contributed by atoms with Crippen LogP contribution >= 0.6 is 11.6 Å². The number of carbonyl (C=O) groups is 1. The van der Waals surface area contributed by atoms with Gasteiger partial charge in [0.25, 0.3) is 0 Å². The molecule has 1 aromatic rings. The summed E-state index contributed by atoms with van der Waals surface area (Å²) in [5.74, 6) is -0.387. The SMILES string of the molecule is COCCN(c1cc(C(=O)O)cc(Cl)n1)C1CC1. The quantitative estimate of drug-likeness (QED) is 0.802. The van der Waals surface area contributed by atoms with Gasteiger partial charge in [0.05, 0.1) is 12.2 Å². The molecule has 1 aliphatic carbocycles. The van der Waals surface area contributed by atoms with E-state index in [1.54, 1.807) is 13.2 Å². The minimum absolute atomic E-state index is 0.160. The molecule has 0 atom stereocenters. The van der Waals surface area contributed by atoms with Crippen molar-refractivity contribution in [3.05, 3.63) is 22.8 Å². The molecule has 2 rings (SSSR count). The number of nitrogens with zero attached hydrogens (tertiary/aromatic N) is 2. The predicted octanol–water partition coefficient (Wildman–Crippen LogP) is 2.05. The summed E-state index contributed by atoms with van der Waals surface area (Å²) in [5.41, 5.74) is 0.160. The average molecular weight is 271 g/mol. The van der Waals surface area contributed by atoms with Gasteiger partial charge in [0, 0.05) is 19.7 Å². The van der Waals surface area contributed by atoms with E-state index < -0.39 is 5.97 Å². The summed E-state index contributed by atoms with van der Waals surface area (Å²) < 4.78 is 5.06. The maximum absolute atomic E-state index is 11.0. The predicted molar refractivity (Wildman–Crippen MR) is 68.5 cm³/mol. The largest absolute Gasteiger partial charge is 0.478 e. The molecule has 1 heterocycles. The summed E-state index contributed by atoms with van der Waals surface area (Å²) in [6.45, 7) is 1.26. The fourth-order valence-corrected chi connectivity index (χ4v) is 2.02. The zero-order valence-corrected chi connectivity index (χ0v) is 10.9. The second-order valence-corrected chi connectivity index (χ2v) is 4.65. The molecule has 0 saturated heterocycles. The highest BCUT2D eigenvalue weighted by Crippen LogP contribution is 2.31. The van der Waals surface area contributed by atoms with E-state index in [0.717, 1.165) is 12.8 Å². The minimum atomic E-state index is -0.997. The number of rotatable bonds is 6. The molecule has 6 heteroatoms. The summed E-state index contributed by atoms with van der Waals surface area (Å²) in [4.78, 5) is 17.3. The molecule has 1 aliphatic rings. The number of pyridine rings is 1. The van der Waals surface area contributed by atoms with E-state index in [9.17, 15) is 4.79 Å². The van der Waals surface area contributed by atoms with Crippen molar-refractivity contribution in [1.82, 2.24) is 4.98 Å². The van der Waals surface area contributed by atoms with Gasteiger partial charge >= 0.3 is 5.97 Å². The molecule has 0 unspecified atom stereocenters. The minimum Gasteiger partial charge on any atom is -0.478 e. The third-order valence-electron chi connectivity index (χ3n) is 2.85. The van der Waals surface area contributed by atoms with Crippen LogP contribution in [0.3, 0.4) is 0 Å². The molecular formula is C12H15ClN2O3. The third kappa shape index (κ3) is 3.11. The van der Waals surface area contributed by atoms with Gasteiger partial charge in [-0.3, -0.25) is 0 Å². The van der Waals surface area contributed by atoms with Gasteiger partial charge in [0.2, 0.25) is 0 Å². The molecule has 0 aliphatic heterocycles. The Bertz CT molecular complexity index is 449. The lowest BCUT2D eigenvalue weighted by atomic mass is 10.2. The van der Waals surface area contributed by atoms with Crippen LogP contribution in [0.4, 0.5) is 5.82 Å². The Morgan fingerprint density at radius 2 is 2.33 bits per heavy atom. The molecular weight excluding hydrogens is 256 g/mol. The summed E-state index contributed by atoms with van der Waals surface area (Å²) in [7, 11) is 1.64. The first-order chi connectivity index (χ1) is 8.61. The number of carboxylic acid groups (broad SMARTS) is 1. The summed E-state index contributed by atoms with van der Waals surface area (Å²) in [6, 6.07) is 3.34. The van der Waals surface area contributed by atoms with Crippen LogP contribution in [0.15, 0.2) is 12.1 Å². The Morgan fingerprint density at radius 3 is 2.89 bits per heavy atom. The molecule has 98 valence electrons. The molecule has 1 fully saturated rings. The van der Waals surface area contributed by atoms with Crippen molar-refractivity contribution in [3.63, 3.8) is 0 Å². The van der Waals surface area contributed by atoms with Crippen molar-refractivity contribution >= 4 is 23.4 Å². The average Bonchev–Trinajstić information content (AvgIpc) is 3.13. The van der Waals surface area contributed by atoms with E-state index in [1.165, 1.54) is 6.07 Å². The van der Waals surface area contributed by atoms with E-state index in [-0.39, 0.29) is 10.7 Å². The van der Waals surface area contributed by atoms with Crippen molar-refractivity contribution in [2.45, 2.75) is 18.9 Å². The van der Waals surface area contributed by atoms with E-state index in [2.05, 4.69) is 9.88 Å². The standard InChI is InChI=1S/C12H15ClN2O3/c1-18-5-4-15(9-2-3-9)11-7-8(12(16)17)6-10(13)14-11/h6-7,9H,2-5H2,1H3,(H,16,17). The molecule has 5 nitrogen and oxygen atoms in total. The molecule has 0 spiro atoms. The maximum Gasteiger partial charge on any atom is 0.335 e. The molecule has 1 saturated carbocycles. The van der Waals surface area contributed by atoms with Crippen molar-refractivity contribution in [3.8, 4) is 0 Å². The first kappa shape index (κ1) is 13.1. The number of aromatic carboxylic acids is 1. The van der Waals surface area contributed by atoms with Crippen LogP contribution in [-0.2, 0) is 4.74 Å². The normalized spacial score (nSPS) is 14.6. The summed E-state index contributed by atoms with van der Waals surface area (Å²) in [6.07, 6.45) is 2.20. The Hall–Kier alpha value is -1.33. The van der Waals surface area contributed by atoms with E-state index in [4.69, 9.17) is 21.4 Å². The van der Waals surface area contributed by atoms with Crippen LogP contribution in [0.25, 0.3) is 0 Å². The maximum atomic E-state index is 11.0. The van der Waals surface area contributed by atoms with Gasteiger partial charge in [-0.15, -0.1) is 0 Å². The Labute approximate surface area is 110 Å². The fourth-order valence-electron chi connectivity index (χ4n) is 1.81. The van der Waals surface area contributed by atoms with E-state index >= 15 is 0 Å². The number of carboxylic acids is 1. The van der Waals surface area contributed by atoms with E-state index in [0.29, 0.717) is 25.0 Å². The van der Waals surface area contributed by atoms with Crippen LogP contribution in [-0.4, -0.2) is 42.4 Å². The Balaban J connectivity index is 2.25. The van der Waals surface area contributed by atoms with Crippen molar-refractivity contribution in [2.24, 2.45) is 0 Å². The number of methoxy groups -OCH3 is 1. The lowest BCUT2D eigenvalue weighted by Gasteiger charge is -2.23. The van der Waals surface area contributed by atoms with Crippen LogP contribution in [0, 0.1) is 0 Å². The highest BCUT2D eigenvalue weighted by Gasteiger charge is 2.30. The highest BCUT2D eigenvalue weighted by molar-refractivity contribution is 6.29. The Morgan fingerprint density at radius 1 is 1.61 bits per heavy atom. The number of aromatic nitrogens is 1.